The van der Waals surface area contributed by atoms with Crippen LogP contribution in [0.2, 0.25) is 0 Å². The number of carbonyl (C=O) groups excluding carboxylic acids is 1. The second kappa shape index (κ2) is 23.0. The van der Waals surface area contributed by atoms with E-state index in [-0.39, 0.29) is 12.0 Å². The van der Waals surface area contributed by atoms with Crippen molar-refractivity contribution in [2.45, 2.75) is 171 Å². The fraction of sp³-hybridized carbons (Fsp3) is 0.769. The number of aromatic amines is 1. The van der Waals surface area contributed by atoms with Crippen molar-refractivity contribution >= 4 is 16.8 Å². The number of hydrogen-bond acceptors (Lipinski definition) is 13. The number of unbranched alkanes of at least 4 members (excludes halogenated alkanes) is 11. The molecule has 1 amide bonds. The van der Waals surface area contributed by atoms with Gasteiger partial charge in [0.2, 0.25) is 12.2 Å². The Bertz CT molecular complexity index is 1360. The average molecular weight is 769 g/mol. The molecular formula is C39H64N2O13. The van der Waals surface area contributed by atoms with E-state index in [0.29, 0.717) is 25.1 Å². The predicted molar refractivity (Wildman–Crippen MR) is 198 cm³/mol. The maximum atomic E-state index is 12.5. The van der Waals surface area contributed by atoms with Crippen molar-refractivity contribution in [1.82, 2.24) is 10.3 Å². The van der Waals surface area contributed by atoms with Gasteiger partial charge in [0.15, 0.2) is 6.29 Å². The van der Waals surface area contributed by atoms with Gasteiger partial charge < -0.3 is 70.1 Å². The molecule has 2 aromatic rings. The Kier molecular flexibility index (Phi) is 18.8. The number of rotatable bonds is 24. The van der Waals surface area contributed by atoms with Crippen LogP contribution in [0.25, 0.3) is 10.9 Å². The molecule has 2 unspecified atom stereocenters. The highest BCUT2D eigenvalue weighted by Crippen LogP contribution is 2.30. The third-order valence-corrected chi connectivity index (χ3v) is 10.4. The normalized spacial score (nSPS) is 29.4. The Labute approximate surface area is 317 Å². The minimum Gasteiger partial charge on any atom is -0.462 e. The van der Waals surface area contributed by atoms with Gasteiger partial charge in [-0.2, -0.15) is 0 Å². The summed E-state index contributed by atoms with van der Waals surface area (Å²) in [5.74, 6) is 0.343. The molecule has 2 aliphatic heterocycles. The highest BCUT2D eigenvalue weighted by atomic mass is 16.7. The number of aliphatic hydroxyl groups is 8. The summed E-state index contributed by atoms with van der Waals surface area (Å²) in [4.78, 5) is 15.7. The zero-order valence-corrected chi connectivity index (χ0v) is 31.5. The molecule has 11 atom stereocenters. The highest BCUT2D eigenvalue weighted by molar-refractivity contribution is 5.84. The van der Waals surface area contributed by atoms with Crippen molar-refractivity contribution in [2.24, 2.45) is 0 Å². The first kappa shape index (κ1) is 44.3. The van der Waals surface area contributed by atoms with Crippen molar-refractivity contribution in [3.05, 3.63) is 30.0 Å². The number of nitrogens with one attached hydrogen (secondary N) is 2. The molecule has 1 aromatic heterocycles. The van der Waals surface area contributed by atoms with Gasteiger partial charge in [0.05, 0.1) is 19.3 Å². The van der Waals surface area contributed by atoms with Crippen LogP contribution >= 0.6 is 0 Å². The van der Waals surface area contributed by atoms with Gasteiger partial charge in [-0.1, -0.05) is 70.6 Å². The van der Waals surface area contributed by atoms with Gasteiger partial charge in [-0.05, 0) is 49.9 Å². The summed E-state index contributed by atoms with van der Waals surface area (Å²) in [6.07, 6.45) is 2.72. The topological polar surface area (TPSA) is 244 Å². The van der Waals surface area contributed by atoms with Crippen LogP contribution < -0.4 is 10.1 Å². The van der Waals surface area contributed by atoms with Crippen molar-refractivity contribution in [3.8, 4) is 5.75 Å². The van der Waals surface area contributed by atoms with E-state index in [2.05, 4.69) is 10.3 Å². The molecule has 2 aliphatic rings. The molecule has 2 saturated heterocycles. The quantitative estimate of drug-likeness (QED) is 0.0685. The maximum Gasteiger partial charge on any atom is 0.229 e. The van der Waals surface area contributed by atoms with Crippen LogP contribution in [0, 0.1) is 0 Å². The van der Waals surface area contributed by atoms with Gasteiger partial charge in [-0.25, -0.2) is 0 Å². The lowest BCUT2D eigenvalue weighted by molar-refractivity contribution is -0.323. The number of ether oxygens (including phenoxy) is 4. The van der Waals surface area contributed by atoms with Crippen LogP contribution in [0.4, 0.5) is 0 Å². The lowest BCUT2D eigenvalue weighted by Gasteiger charge is -2.42. The maximum absolute atomic E-state index is 12.5. The molecule has 15 nitrogen and oxygen atoms in total. The van der Waals surface area contributed by atoms with Crippen LogP contribution in [0.3, 0.4) is 0 Å². The smallest absolute Gasteiger partial charge is 0.229 e. The summed E-state index contributed by atoms with van der Waals surface area (Å²) in [7, 11) is 0. The first-order valence-corrected chi connectivity index (χ1v) is 19.8. The third-order valence-electron chi connectivity index (χ3n) is 10.4. The second-order valence-electron chi connectivity index (χ2n) is 14.9. The molecule has 2 fully saturated rings. The summed E-state index contributed by atoms with van der Waals surface area (Å²) in [5.41, 5.74) is 1.78. The van der Waals surface area contributed by atoms with E-state index in [9.17, 15) is 45.6 Å². The zero-order valence-electron chi connectivity index (χ0n) is 31.5. The number of aromatic nitrogens is 1. The summed E-state index contributed by atoms with van der Waals surface area (Å²) in [5, 5.41) is 84.6. The fourth-order valence-corrected chi connectivity index (χ4v) is 7.04. The molecule has 0 saturated carbocycles. The van der Waals surface area contributed by atoms with E-state index in [1.807, 2.05) is 13.1 Å². The van der Waals surface area contributed by atoms with Crippen LogP contribution in [0.1, 0.15) is 102 Å². The third kappa shape index (κ3) is 13.4. The van der Waals surface area contributed by atoms with E-state index in [1.165, 1.54) is 51.4 Å². The lowest BCUT2D eigenvalue weighted by Crippen LogP contribution is -2.62. The standard InChI is InChI=1S/C39H64N2O13/c1-24(43)14-12-10-8-6-4-2-3-5-7-9-11-13-15-31(44)40-19-18-25-21-41-28-17-16-26(20-27(25)28)52-39-37(50)35(48)33(46)30(54-39)23-51-38-36(49)34(47)32(45)29(22-42)53-38/h16-17,20-21,24,29-30,32-39,41-43,45-50H,2-15,18-19,22-23H2,1H3,(H,40,44)/t24?,29-,30-,32-,33-,34-,35-,36-,37+,38?,39-/m1/s1. The number of fused-ring (bicyclic) bond motifs is 1. The Balaban J connectivity index is 1.14. The predicted octanol–water partition coefficient (Wildman–Crippen LogP) is 1.67. The summed E-state index contributed by atoms with van der Waals surface area (Å²) in [6, 6.07) is 5.19. The van der Waals surface area contributed by atoms with E-state index in [0.717, 1.165) is 48.6 Å². The average Bonchev–Trinajstić information content (AvgIpc) is 3.56. The van der Waals surface area contributed by atoms with Gasteiger partial charge in [0.1, 0.15) is 54.6 Å². The Morgan fingerprint density at radius 1 is 0.778 bits per heavy atom. The molecule has 0 aliphatic carbocycles. The molecule has 15 heteroatoms. The first-order valence-electron chi connectivity index (χ1n) is 19.8. The summed E-state index contributed by atoms with van der Waals surface area (Å²) < 4.78 is 22.5. The van der Waals surface area contributed by atoms with Crippen LogP contribution in [0.15, 0.2) is 24.4 Å². The molecule has 0 bridgehead atoms. The number of hydrogen-bond donors (Lipinski definition) is 10. The van der Waals surface area contributed by atoms with Gasteiger partial charge in [0, 0.05) is 30.1 Å². The largest absolute Gasteiger partial charge is 0.462 e. The molecule has 54 heavy (non-hydrogen) atoms. The van der Waals surface area contributed by atoms with E-state index in [1.54, 1.807) is 18.2 Å². The van der Waals surface area contributed by atoms with Crippen LogP contribution in [-0.4, -0.2) is 139 Å². The van der Waals surface area contributed by atoms with Gasteiger partial charge >= 0.3 is 0 Å². The van der Waals surface area contributed by atoms with Crippen molar-refractivity contribution < 1.29 is 64.6 Å². The molecule has 0 spiro atoms. The number of aliphatic hydroxyl groups excluding tert-OH is 8. The number of carbonyl (C=O) groups is 1. The molecule has 308 valence electrons. The number of H-pyrrole nitrogens is 1. The summed E-state index contributed by atoms with van der Waals surface area (Å²) in [6.45, 7) is 1.20. The molecule has 10 N–H and O–H groups in total. The zero-order chi connectivity index (χ0) is 39.0. The highest BCUT2D eigenvalue weighted by Gasteiger charge is 2.48. The molecular weight excluding hydrogens is 704 g/mol. The number of benzene rings is 1. The van der Waals surface area contributed by atoms with E-state index < -0.39 is 74.6 Å². The minimum absolute atomic E-state index is 0.0292. The fourth-order valence-electron chi connectivity index (χ4n) is 7.04. The van der Waals surface area contributed by atoms with Crippen molar-refractivity contribution in [3.63, 3.8) is 0 Å². The monoisotopic (exact) mass is 768 g/mol. The molecule has 1 aromatic carbocycles. The molecule has 4 rings (SSSR count). The second-order valence-corrected chi connectivity index (χ2v) is 14.9. The number of amides is 1. The molecule has 0 radical (unpaired) electrons. The molecule has 3 heterocycles. The van der Waals surface area contributed by atoms with Crippen LogP contribution in [-0.2, 0) is 25.4 Å². The Morgan fingerprint density at radius 2 is 1.35 bits per heavy atom. The minimum atomic E-state index is -1.68. The lowest BCUT2D eigenvalue weighted by atomic mass is 9.98. The van der Waals surface area contributed by atoms with Gasteiger partial charge in [-0.3, -0.25) is 4.79 Å². The summed E-state index contributed by atoms with van der Waals surface area (Å²) >= 11 is 0. The van der Waals surface area contributed by atoms with Crippen LogP contribution in [0.5, 0.6) is 5.75 Å². The van der Waals surface area contributed by atoms with E-state index in [4.69, 9.17) is 18.9 Å². The van der Waals surface area contributed by atoms with Crippen molar-refractivity contribution in [2.75, 3.05) is 19.8 Å². The first-order chi connectivity index (χ1) is 26.0. The SMILES string of the molecule is CC(O)CCCCCCCCCCCCCCC(=O)NCCc1c[nH]c2ccc(O[C@@H]3O[C@H](COC4O[C@H](CO)[C@@H](O)[C@@H](O)[C@H]4O)[C@@H](O)[C@@H](O)[C@@H]3O)cc12. The van der Waals surface area contributed by atoms with Crippen molar-refractivity contribution in [1.29, 1.82) is 0 Å². The Hall–Kier alpha value is -2.41. The van der Waals surface area contributed by atoms with Gasteiger partial charge in [-0.15, -0.1) is 0 Å². The van der Waals surface area contributed by atoms with E-state index >= 15 is 0 Å². The van der Waals surface area contributed by atoms with Gasteiger partial charge in [0.25, 0.3) is 0 Å². The Morgan fingerprint density at radius 3 is 1.98 bits per heavy atom.